The molecular formula is C17H21N3O. The lowest BCUT2D eigenvalue weighted by atomic mass is 10.1. The van der Waals surface area contributed by atoms with Gasteiger partial charge in [0.1, 0.15) is 5.75 Å². The van der Waals surface area contributed by atoms with E-state index < -0.39 is 0 Å². The van der Waals surface area contributed by atoms with Crippen LogP contribution in [0.1, 0.15) is 25.3 Å². The monoisotopic (exact) mass is 283 g/mol. The highest BCUT2D eigenvalue weighted by Gasteiger charge is 2.46. The number of methoxy groups -OCH3 is 1. The first kappa shape index (κ1) is 12.7. The van der Waals surface area contributed by atoms with Crippen LogP contribution in [0.4, 0.5) is 5.69 Å². The normalized spacial score (nSPS) is 26.5. The van der Waals surface area contributed by atoms with Gasteiger partial charge in [-0.25, -0.2) is 0 Å². The largest absolute Gasteiger partial charge is 0.494 e. The second kappa shape index (κ2) is 4.79. The van der Waals surface area contributed by atoms with Crippen molar-refractivity contribution in [3.05, 3.63) is 30.6 Å². The molecule has 3 atom stereocenters. The molecule has 1 aromatic heterocycles. The van der Waals surface area contributed by atoms with E-state index in [4.69, 9.17) is 4.74 Å². The van der Waals surface area contributed by atoms with Crippen molar-refractivity contribution < 1.29 is 4.74 Å². The van der Waals surface area contributed by atoms with Gasteiger partial charge in [0.15, 0.2) is 0 Å². The second-order valence-electron chi connectivity index (χ2n) is 6.23. The number of hydrogen-bond acceptors (Lipinski definition) is 3. The molecule has 110 valence electrons. The first-order chi connectivity index (χ1) is 10.3. The number of benzene rings is 1. The zero-order chi connectivity index (χ0) is 14.4. The summed E-state index contributed by atoms with van der Waals surface area (Å²) < 4.78 is 7.74. The van der Waals surface area contributed by atoms with Crippen LogP contribution in [0, 0.1) is 11.8 Å². The quantitative estimate of drug-likeness (QED) is 0.932. The van der Waals surface area contributed by atoms with Crippen molar-refractivity contribution in [2.75, 3.05) is 19.5 Å². The molecule has 2 fully saturated rings. The van der Waals surface area contributed by atoms with E-state index in [9.17, 15) is 0 Å². The maximum atomic E-state index is 5.58. The smallest absolute Gasteiger partial charge is 0.149 e. The van der Waals surface area contributed by atoms with E-state index in [2.05, 4.69) is 27.4 Å². The van der Waals surface area contributed by atoms with Gasteiger partial charge in [-0.3, -0.25) is 4.68 Å². The predicted octanol–water partition coefficient (Wildman–Crippen LogP) is 3.57. The van der Waals surface area contributed by atoms with Crippen LogP contribution in [-0.4, -0.2) is 23.9 Å². The fourth-order valence-corrected chi connectivity index (χ4v) is 3.76. The van der Waals surface area contributed by atoms with Crippen molar-refractivity contribution in [3.8, 4) is 16.9 Å². The van der Waals surface area contributed by atoms with Crippen LogP contribution < -0.4 is 10.1 Å². The lowest BCUT2D eigenvalue weighted by molar-refractivity contribution is 0.418. The van der Waals surface area contributed by atoms with E-state index >= 15 is 0 Å². The van der Waals surface area contributed by atoms with E-state index in [-0.39, 0.29) is 0 Å². The summed E-state index contributed by atoms with van der Waals surface area (Å²) >= 11 is 0. The lowest BCUT2D eigenvalue weighted by Crippen LogP contribution is -2.06. The molecule has 2 aliphatic rings. The third kappa shape index (κ3) is 2.09. The van der Waals surface area contributed by atoms with Crippen molar-refractivity contribution in [2.24, 2.45) is 11.8 Å². The van der Waals surface area contributed by atoms with Gasteiger partial charge in [0, 0.05) is 24.4 Å². The number of anilines is 1. The molecule has 2 saturated carbocycles. The number of para-hydroxylation sites is 1. The summed E-state index contributed by atoms with van der Waals surface area (Å²) in [7, 11) is 3.63. The van der Waals surface area contributed by atoms with E-state index in [1.165, 1.54) is 19.3 Å². The molecule has 2 aliphatic carbocycles. The molecule has 4 rings (SSSR count). The van der Waals surface area contributed by atoms with Crippen LogP contribution in [0.25, 0.3) is 11.1 Å². The molecule has 1 N–H and O–H groups in total. The number of nitrogens with zero attached hydrogens (tertiary/aromatic N) is 2. The van der Waals surface area contributed by atoms with Gasteiger partial charge in [0.25, 0.3) is 0 Å². The SMILES string of the molecule is CNc1cccc(-c2cnn([C@@H]3C[C@H]4C[C@H]4C3)c2)c1OC. The molecular weight excluding hydrogens is 262 g/mol. The van der Waals surface area contributed by atoms with E-state index in [1.54, 1.807) is 7.11 Å². The summed E-state index contributed by atoms with van der Waals surface area (Å²) in [6.45, 7) is 0. The molecule has 1 aromatic carbocycles. The van der Waals surface area contributed by atoms with Crippen molar-refractivity contribution in [2.45, 2.75) is 25.3 Å². The Balaban J connectivity index is 1.66. The van der Waals surface area contributed by atoms with Crippen LogP contribution in [0.2, 0.25) is 0 Å². The molecule has 4 heteroatoms. The summed E-state index contributed by atoms with van der Waals surface area (Å²) in [5.41, 5.74) is 3.23. The first-order valence-electron chi connectivity index (χ1n) is 7.69. The average molecular weight is 283 g/mol. The molecule has 0 bridgehead atoms. The Morgan fingerprint density at radius 3 is 2.76 bits per heavy atom. The summed E-state index contributed by atoms with van der Waals surface area (Å²) in [5.74, 6) is 2.84. The number of hydrogen-bond donors (Lipinski definition) is 1. The van der Waals surface area contributed by atoms with Gasteiger partial charge in [-0.1, -0.05) is 12.1 Å². The highest BCUT2D eigenvalue weighted by atomic mass is 16.5. The van der Waals surface area contributed by atoms with Crippen molar-refractivity contribution in [1.82, 2.24) is 9.78 Å². The molecule has 4 nitrogen and oxygen atoms in total. The van der Waals surface area contributed by atoms with Gasteiger partial charge in [0.2, 0.25) is 0 Å². The minimum atomic E-state index is 0.598. The molecule has 21 heavy (non-hydrogen) atoms. The topological polar surface area (TPSA) is 39.1 Å². The van der Waals surface area contributed by atoms with E-state index in [1.807, 2.05) is 25.4 Å². The highest BCUT2D eigenvalue weighted by Crippen LogP contribution is 2.55. The van der Waals surface area contributed by atoms with Gasteiger partial charge in [-0.2, -0.15) is 5.10 Å². The summed E-state index contributed by atoms with van der Waals surface area (Å²) in [6.07, 6.45) is 8.19. The highest BCUT2D eigenvalue weighted by molar-refractivity contribution is 5.77. The molecule has 0 saturated heterocycles. The maximum absolute atomic E-state index is 5.58. The average Bonchev–Trinajstić information content (AvgIpc) is 2.95. The predicted molar refractivity (Wildman–Crippen MR) is 83.6 cm³/mol. The standard InChI is InChI=1S/C17H21N3O/c1-18-16-5-3-4-15(17(16)21-2)13-9-19-20(10-13)14-7-11-6-12(11)8-14/h3-5,9-12,14,18H,6-8H2,1-2H3/t11-,12+,14-. The fourth-order valence-electron chi connectivity index (χ4n) is 3.76. The minimum Gasteiger partial charge on any atom is -0.494 e. The molecule has 0 spiro atoms. The van der Waals surface area contributed by atoms with Crippen LogP contribution in [-0.2, 0) is 0 Å². The molecule has 0 unspecified atom stereocenters. The minimum absolute atomic E-state index is 0.598. The molecule has 0 aliphatic heterocycles. The Hall–Kier alpha value is -1.97. The van der Waals surface area contributed by atoms with Gasteiger partial charge < -0.3 is 10.1 Å². The van der Waals surface area contributed by atoms with Crippen molar-refractivity contribution in [1.29, 1.82) is 0 Å². The van der Waals surface area contributed by atoms with Gasteiger partial charge in [0.05, 0.1) is 25.0 Å². The molecule has 0 radical (unpaired) electrons. The van der Waals surface area contributed by atoms with Crippen LogP contribution in [0.5, 0.6) is 5.75 Å². The van der Waals surface area contributed by atoms with Crippen molar-refractivity contribution >= 4 is 5.69 Å². The number of aromatic nitrogens is 2. The number of rotatable bonds is 4. The summed E-state index contributed by atoms with van der Waals surface area (Å²) in [5, 5.41) is 7.78. The summed E-state index contributed by atoms with van der Waals surface area (Å²) in [4.78, 5) is 0. The van der Waals surface area contributed by atoms with Crippen LogP contribution in [0.15, 0.2) is 30.6 Å². The van der Waals surface area contributed by atoms with Crippen LogP contribution in [0.3, 0.4) is 0 Å². The molecule has 2 aromatic rings. The first-order valence-corrected chi connectivity index (χ1v) is 7.69. The number of fused-ring (bicyclic) bond motifs is 1. The second-order valence-corrected chi connectivity index (χ2v) is 6.23. The van der Waals surface area contributed by atoms with Gasteiger partial charge in [-0.05, 0) is 37.2 Å². The Kier molecular flexibility index (Phi) is 2.91. The Morgan fingerprint density at radius 2 is 2.05 bits per heavy atom. The van der Waals surface area contributed by atoms with E-state index in [0.717, 1.165) is 34.4 Å². The molecule has 1 heterocycles. The zero-order valence-corrected chi connectivity index (χ0v) is 12.5. The number of nitrogens with one attached hydrogen (secondary N) is 1. The van der Waals surface area contributed by atoms with Crippen LogP contribution >= 0.6 is 0 Å². The third-order valence-corrected chi connectivity index (χ3v) is 4.99. The van der Waals surface area contributed by atoms with E-state index in [0.29, 0.717) is 6.04 Å². The Bertz CT molecular complexity index is 654. The Morgan fingerprint density at radius 1 is 1.24 bits per heavy atom. The van der Waals surface area contributed by atoms with Crippen molar-refractivity contribution in [3.63, 3.8) is 0 Å². The number of ether oxygens (including phenoxy) is 1. The molecule has 0 amide bonds. The third-order valence-electron chi connectivity index (χ3n) is 4.99. The van der Waals surface area contributed by atoms with Gasteiger partial charge >= 0.3 is 0 Å². The fraction of sp³-hybridized carbons (Fsp3) is 0.471. The Labute approximate surface area is 125 Å². The zero-order valence-electron chi connectivity index (χ0n) is 12.5. The summed E-state index contributed by atoms with van der Waals surface area (Å²) in [6, 6.07) is 6.76. The lowest BCUT2D eigenvalue weighted by Gasteiger charge is -2.13. The maximum Gasteiger partial charge on any atom is 0.149 e. The van der Waals surface area contributed by atoms with Gasteiger partial charge in [-0.15, -0.1) is 0 Å².